The number of hydrogen-bond donors (Lipinski definition) is 1. The summed E-state index contributed by atoms with van der Waals surface area (Å²) in [6.45, 7) is 5.12. The van der Waals surface area contributed by atoms with E-state index in [1.807, 2.05) is 12.3 Å². The van der Waals surface area contributed by atoms with Crippen LogP contribution in [0.4, 0.5) is 0 Å². The van der Waals surface area contributed by atoms with Crippen molar-refractivity contribution >= 4 is 23.7 Å². The third-order valence-electron chi connectivity index (χ3n) is 2.30. The second kappa shape index (κ2) is 5.21. The molecule has 1 aromatic rings. The van der Waals surface area contributed by atoms with Gasteiger partial charge < -0.3 is 4.72 Å². The minimum absolute atomic E-state index is 0.574. The zero-order chi connectivity index (χ0) is 11.4. The molecule has 2 nitrogen and oxygen atoms in total. The summed E-state index contributed by atoms with van der Waals surface area (Å²) in [6, 6.07) is 10.4. The molecule has 16 heavy (non-hydrogen) atoms. The Morgan fingerprint density at radius 2 is 2.00 bits per heavy atom. The molecule has 0 atom stereocenters. The van der Waals surface area contributed by atoms with Crippen molar-refractivity contribution in [2.24, 2.45) is 4.99 Å². The molecule has 0 fully saturated rings. The number of nitrogens with one attached hydrogen (secondary N) is 1. The van der Waals surface area contributed by atoms with Gasteiger partial charge in [-0.25, -0.2) is 0 Å². The van der Waals surface area contributed by atoms with Crippen LogP contribution >= 0.6 is 11.9 Å². The molecule has 0 aromatic heterocycles. The summed E-state index contributed by atoms with van der Waals surface area (Å²) in [5.74, 6) is 0. The van der Waals surface area contributed by atoms with Gasteiger partial charge in [0.2, 0.25) is 0 Å². The van der Waals surface area contributed by atoms with Crippen LogP contribution in [0.5, 0.6) is 0 Å². The Morgan fingerprint density at radius 1 is 1.25 bits per heavy atom. The van der Waals surface area contributed by atoms with E-state index in [1.165, 1.54) is 16.8 Å². The van der Waals surface area contributed by atoms with Crippen LogP contribution in [0.2, 0.25) is 0 Å². The Bertz CT molecular complexity index is 407. The molecule has 0 radical (unpaired) electrons. The van der Waals surface area contributed by atoms with Crippen molar-refractivity contribution < 1.29 is 0 Å². The van der Waals surface area contributed by atoms with Crippen LogP contribution in [0.3, 0.4) is 0 Å². The Labute approximate surface area is 101 Å². The van der Waals surface area contributed by atoms with Gasteiger partial charge in [0.25, 0.3) is 0 Å². The number of nitrogens with zero attached hydrogens (tertiary/aromatic N) is 1. The van der Waals surface area contributed by atoms with Crippen molar-refractivity contribution in [1.29, 1.82) is 0 Å². The molecule has 0 bridgehead atoms. The lowest BCUT2D eigenvalue weighted by Gasteiger charge is -2.10. The van der Waals surface area contributed by atoms with E-state index in [4.69, 9.17) is 0 Å². The number of hydrogen-bond acceptors (Lipinski definition) is 3. The van der Waals surface area contributed by atoms with Crippen LogP contribution in [-0.4, -0.2) is 18.0 Å². The number of aliphatic imine (C=N–C) groups is 1. The van der Waals surface area contributed by atoms with Gasteiger partial charge in [-0.1, -0.05) is 56.1 Å². The van der Waals surface area contributed by atoms with Gasteiger partial charge in [-0.15, -0.1) is 0 Å². The van der Waals surface area contributed by atoms with Crippen LogP contribution in [0.1, 0.15) is 19.4 Å². The van der Waals surface area contributed by atoms with Gasteiger partial charge in [-0.2, -0.15) is 0 Å². The summed E-state index contributed by atoms with van der Waals surface area (Å²) in [5, 5.41) is 0.574. The van der Waals surface area contributed by atoms with Gasteiger partial charge in [-0.05, 0) is 5.56 Å². The first-order chi connectivity index (χ1) is 7.77. The average Bonchev–Trinajstić information content (AvgIpc) is 2.75. The van der Waals surface area contributed by atoms with Crippen molar-refractivity contribution in [2.75, 3.05) is 6.54 Å². The maximum Gasteiger partial charge on any atom is 0.0801 e. The standard InChI is InChI=1S/C13H16N2S/c1-10(2)16-15-13-9-14-8-12(13)11-6-4-3-5-7-11/h3-8,10,15H,9H2,1-2H3. The summed E-state index contributed by atoms with van der Waals surface area (Å²) in [6.07, 6.45) is 1.96. The molecule has 3 heteroatoms. The molecular formula is C13H16N2S. The lowest BCUT2D eigenvalue weighted by molar-refractivity contribution is 1.05. The summed E-state index contributed by atoms with van der Waals surface area (Å²) in [4.78, 5) is 4.33. The van der Waals surface area contributed by atoms with Gasteiger partial charge in [0.05, 0.1) is 12.2 Å². The van der Waals surface area contributed by atoms with Crippen molar-refractivity contribution in [3.63, 3.8) is 0 Å². The second-order valence-electron chi connectivity index (χ2n) is 4.00. The summed E-state index contributed by atoms with van der Waals surface area (Å²) in [5.41, 5.74) is 3.66. The zero-order valence-electron chi connectivity index (χ0n) is 9.60. The van der Waals surface area contributed by atoms with Crippen molar-refractivity contribution in [3.8, 4) is 0 Å². The second-order valence-corrected chi connectivity index (χ2v) is 5.38. The highest BCUT2D eigenvalue weighted by atomic mass is 32.2. The van der Waals surface area contributed by atoms with Gasteiger partial charge in [0.1, 0.15) is 0 Å². The van der Waals surface area contributed by atoms with E-state index >= 15 is 0 Å². The van der Waals surface area contributed by atoms with Gasteiger partial charge in [0, 0.05) is 17.0 Å². The highest BCUT2D eigenvalue weighted by Crippen LogP contribution is 2.22. The minimum atomic E-state index is 0.574. The summed E-state index contributed by atoms with van der Waals surface area (Å²) in [7, 11) is 0. The molecule has 0 amide bonds. The Morgan fingerprint density at radius 3 is 2.69 bits per heavy atom. The molecule has 1 aromatic carbocycles. The molecule has 0 unspecified atom stereocenters. The van der Waals surface area contributed by atoms with E-state index in [-0.39, 0.29) is 0 Å². The Balaban J connectivity index is 2.17. The first-order valence-corrected chi connectivity index (χ1v) is 6.35. The first kappa shape index (κ1) is 11.3. The molecule has 0 aliphatic carbocycles. The van der Waals surface area contributed by atoms with E-state index in [0.29, 0.717) is 5.25 Å². The van der Waals surface area contributed by atoms with Crippen LogP contribution in [0.25, 0.3) is 5.57 Å². The molecule has 1 N–H and O–H groups in total. The maximum atomic E-state index is 4.33. The molecule has 1 aliphatic heterocycles. The highest BCUT2D eigenvalue weighted by molar-refractivity contribution is 7.98. The lowest BCUT2D eigenvalue weighted by Crippen LogP contribution is -2.10. The smallest absolute Gasteiger partial charge is 0.0801 e. The van der Waals surface area contributed by atoms with E-state index in [2.05, 4.69) is 47.8 Å². The predicted molar refractivity (Wildman–Crippen MR) is 72.6 cm³/mol. The third kappa shape index (κ3) is 2.67. The SMILES string of the molecule is CC(C)SNC1=C(c2ccccc2)C=NC1. The average molecular weight is 232 g/mol. The fourth-order valence-electron chi connectivity index (χ4n) is 1.53. The first-order valence-electron chi connectivity index (χ1n) is 5.47. The third-order valence-corrected chi connectivity index (χ3v) is 3.13. The van der Waals surface area contributed by atoms with E-state index in [0.717, 1.165) is 6.54 Å². The van der Waals surface area contributed by atoms with Crippen molar-refractivity contribution in [3.05, 3.63) is 41.6 Å². The Hall–Kier alpha value is -1.22. The van der Waals surface area contributed by atoms with Crippen molar-refractivity contribution in [1.82, 2.24) is 4.72 Å². The fraction of sp³-hybridized carbons (Fsp3) is 0.308. The molecule has 84 valence electrons. The van der Waals surface area contributed by atoms with Crippen LogP contribution in [0.15, 0.2) is 41.0 Å². The molecule has 0 saturated heterocycles. The van der Waals surface area contributed by atoms with E-state index in [1.54, 1.807) is 11.9 Å². The lowest BCUT2D eigenvalue weighted by atomic mass is 10.1. The quantitative estimate of drug-likeness (QED) is 0.807. The molecule has 2 rings (SSSR count). The van der Waals surface area contributed by atoms with Gasteiger partial charge in [0.15, 0.2) is 0 Å². The topological polar surface area (TPSA) is 24.4 Å². The summed E-state index contributed by atoms with van der Waals surface area (Å²) < 4.78 is 3.40. The molecule has 0 saturated carbocycles. The molecular weight excluding hydrogens is 216 g/mol. The number of allylic oxidation sites excluding steroid dienone is 1. The molecule has 0 spiro atoms. The molecule has 1 heterocycles. The fourth-order valence-corrected chi connectivity index (χ4v) is 2.09. The van der Waals surface area contributed by atoms with E-state index in [9.17, 15) is 0 Å². The largest absolute Gasteiger partial charge is 0.331 e. The monoisotopic (exact) mass is 232 g/mol. The number of benzene rings is 1. The molecule has 1 aliphatic rings. The van der Waals surface area contributed by atoms with E-state index < -0.39 is 0 Å². The predicted octanol–water partition coefficient (Wildman–Crippen LogP) is 3.13. The summed E-state index contributed by atoms with van der Waals surface area (Å²) >= 11 is 1.74. The van der Waals surface area contributed by atoms with Crippen LogP contribution in [0, 0.1) is 0 Å². The Kier molecular flexibility index (Phi) is 3.67. The highest BCUT2D eigenvalue weighted by Gasteiger charge is 2.12. The van der Waals surface area contributed by atoms with Crippen molar-refractivity contribution in [2.45, 2.75) is 19.1 Å². The minimum Gasteiger partial charge on any atom is -0.331 e. The maximum absolute atomic E-state index is 4.33. The van der Waals surface area contributed by atoms with Gasteiger partial charge in [-0.3, -0.25) is 4.99 Å². The normalized spacial score (nSPS) is 14.9. The number of rotatable bonds is 4. The van der Waals surface area contributed by atoms with Crippen LogP contribution in [-0.2, 0) is 0 Å². The zero-order valence-corrected chi connectivity index (χ0v) is 10.4. The van der Waals surface area contributed by atoms with Crippen LogP contribution < -0.4 is 4.72 Å². The van der Waals surface area contributed by atoms with Gasteiger partial charge >= 0.3 is 0 Å².